The quantitative estimate of drug-likeness (QED) is 0.934. The van der Waals surface area contributed by atoms with Crippen molar-refractivity contribution in [3.63, 3.8) is 0 Å². The molecule has 3 rings (SSSR count). The van der Waals surface area contributed by atoms with Gasteiger partial charge < -0.3 is 19.2 Å². The predicted molar refractivity (Wildman–Crippen MR) is 81.1 cm³/mol. The molecule has 2 aromatic heterocycles. The number of hydrogen-bond donors (Lipinski definition) is 1. The second-order valence-electron chi connectivity index (χ2n) is 5.75. The normalized spacial score (nSPS) is 15.7. The smallest absolute Gasteiger partial charge is 0.257 e. The molecule has 0 unspecified atom stereocenters. The van der Waals surface area contributed by atoms with Crippen molar-refractivity contribution in [2.45, 2.75) is 32.7 Å². The van der Waals surface area contributed by atoms with Gasteiger partial charge in [-0.1, -0.05) is 5.16 Å². The SMILES string of the molecule is Cc1noc(C)c1C(=O)NC1CCN(C(=O)c2ccoc2)CC1. The summed E-state index contributed by atoms with van der Waals surface area (Å²) in [6, 6.07) is 1.71. The molecule has 0 atom stereocenters. The molecule has 0 radical (unpaired) electrons. The van der Waals surface area contributed by atoms with Crippen molar-refractivity contribution >= 4 is 11.8 Å². The van der Waals surface area contributed by atoms with Crippen LogP contribution in [0.2, 0.25) is 0 Å². The van der Waals surface area contributed by atoms with E-state index < -0.39 is 0 Å². The molecule has 0 saturated carbocycles. The Morgan fingerprint density at radius 2 is 2.04 bits per heavy atom. The summed E-state index contributed by atoms with van der Waals surface area (Å²) in [4.78, 5) is 26.3. The molecule has 0 spiro atoms. The van der Waals surface area contributed by atoms with Crippen LogP contribution in [0.3, 0.4) is 0 Å². The van der Waals surface area contributed by atoms with Gasteiger partial charge in [0.2, 0.25) is 0 Å². The van der Waals surface area contributed by atoms with E-state index >= 15 is 0 Å². The van der Waals surface area contributed by atoms with Gasteiger partial charge in [0.1, 0.15) is 17.6 Å². The highest BCUT2D eigenvalue weighted by Gasteiger charge is 2.26. The second kappa shape index (κ2) is 6.28. The topological polar surface area (TPSA) is 88.6 Å². The lowest BCUT2D eigenvalue weighted by atomic mass is 10.0. The van der Waals surface area contributed by atoms with E-state index in [0.29, 0.717) is 35.7 Å². The van der Waals surface area contributed by atoms with Gasteiger partial charge in [-0.05, 0) is 32.8 Å². The molecule has 1 aliphatic heterocycles. The molecule has 1 fully saturated rings. The lowest BCUT2D eigenvalue weighted by Gasteiger charge is -2.32. The Morgan fingerprint density at radius 1 is 1.30 bits per heavy atom. The number of rotatable bonds is 3. The zero-order chi connectivity index (χ0) is 16.4. The summed E-state index contributed by atoms with van der Waals surface area (Å²) < 4.78 is 9.97. The summed E-state index contributed by atoms with van der Waals surface area (Å²) in [7, 11) is 0. The van der Waals surface area contributed by atoms with Crippen LogP contribution in [0, 0.1) is 13.8 Å². The van der Waals surface area contributed by atoms with Crippen LogP contribution in [0.5, 0.6) is 0 Å². The third-order valence-corrected chi connectivity index (χ3v) is 4.15. The molecule has 0 aromatic carbocycles. The fourth-order valence-electron chi connectivity index (χ4n) is 2.86. The third-order valence-electron chi connectivity index (χ3n) is 4.15. The van der Waals surface area contributed by atoms with Gasteiger partial charge in [-0.25, -0.2) is 0 Å². The van der Waals surface area contributed by atoms with Crippen molar-refractivity contribution < 1.29 is 18.5 Å². The molecule has 7 heteroatoms. The van der Waals surface area contributed by atoms with Crippen LogP contribution >= 0.6 is 0 Å². The van der Waals surface area contributed by atoms with Crippen molar-refractivity contribution in [3.8, 4) is 0 Å². The van der Waals surface area contributed by atoms with E-state index in [-0.39, 0.29) is 17.9 Å². The Balaban J connectivity index is 1.55. The lowest BCUT2D eigenvalue weighted by Crippen LogP contribution is -2.46. The van der Waals surface area contributed by atoms with E-state index in [4.69, 9.17) is 8.94 Å². The molecule has 1 N–H and O–H groups in total. The fraction of sp³-hybridized carbons (Fsp3) is 0.438. The van der Waals surface area contributed by atoms with Crippen LogP contribution in [0.1, 0.15) is 45.0 Å². The summed E-state index contributed by atoms with van der Waals surface area (Å²) in [5, 5.41) is 6.80. The maximum atomic E-state index is 12.3. The first-order chi connectivity index (χ1) is 11.1. The molecule has 0 bridgehead atoms. The molecule has 2 aromatic rings. The predicted octanol–water partition coefficient (Wildman–Crippen LogP) is 1.92. The minimum absolute atomic E-state index is 0.0331. The van der Waals surface area contributed by atoms with Crippen molar-refractivity contribution in [2.24, 2.45) is 0 Å². The number of carbonyl (C=O) groups excluding carboxylic acids is 2. The highest BCUT2D eigenvalue weighted by atomic mass is 16.5. The van der Waals surface area contributed by atoms with Crippen molar-refractivity contribution in [2.75, 3.05) is 13.1 Å². The number of hydrogen-bond acceptors (Lipinski definition) is 5. The molecule has 3 heterocycles. The van der Waals surface area contributed by atoms with Gasteiger partial charge in [-0.3, -0.25) is 9.59 Å². The molecule has 122 valence electrons. The van der Waals surface area contributed by atoms with E-state index in [2.05, 4.69) is 10.5 Å². The van der Waals surface area contributed by atoms with E-state index in [9.17, 15) is 9.59 Å². The molecular weight excluding hydrogens is 298 g/mol. The summed E-state index contributed by atoms with van der Waals surface area (Å²) in [6.07, 6.45) is 4.38. The number of nitrogens with zero attached hydrogens (tertiary/aromatic N) is 2. The second-order valence-corrected chi connectivity index (χ2v) is 5.75. The summed E-state index contributed by atoms with van der Waals surface area (Å²) in [5.41, 5.74) is 1.65. The molecule has 0 aliphatic carbocycles. The van der Waals surface area contributed by atoms with E-state index in [0.717, 1.165) is 12.8 Å². The molecular formula is C16H19N3O4. The first kappa shape index (κ1) is 15.3. The van der Waals surface area contributed by atoms with Crippen LogP contribution in [-0.4, -0.2) is 41.0 Å². The fourth-order valence-corrected chi connectivity index (χ4v) is 2.86. The van der Waals surface area contributed by atoms with Crippen LogP contribution in [0.4, 0.5) is 0 Å². The van der Waals surface area contributed by atoms with Gasteiger partial charge in [-0.15, -0.1) is 0 Å². The number of nitrogens with one attached hydrogen (secondary N) is 1. The number of carbonyl (C=O) groups is 2. The Kier molecular flexibility index (Phi) is 4.18. The van der Waals surface area contributed by atoms with E-state index in [1.807, 2.05) is 0 Å². The van der Waals surface area contributed by atoms with Crippen LogP contribution in [0.25, 0.3) is 0 Å². The zero-order valence-electron chi connectivity index (χ0n) is 13.2. The standard InChI is InChI=1S/C16H19N3O4/c1-10-14(11(2)23-18-10)15(20)17-13-3-6-19(7-4-13)16(21)12-5-8-22-9-12/h5,8-9,13H,3-4,6-7H2,1-2H3,(H,17,20). The Hall–Kier alpha value is -2.57. The molecule has 1 aliphatic rings. The minimum Gasteiger partial charge on any atom is -0.472 e. The van der Waals surface area contributed by atoms with Crippen LogP contribution in [0.15, 0.2) is 27.5 Å². The number of aromatic nitrogens is 1. The van der Waals surface area contributed by atoms with Crippen LogP contribution < -0.4 is 5.32 Å². The van der Waals surface area contributed by atoms with Gasteiger partial charge in [-0.2, -0.15) is 0 Å². The first-order valence-electron chi connectivity index (χ1n) is 7.61. The zero-order valence-corrected chi connectivity index (χ0v) is 13.2. The van der Waals surface area contributed by atoms with Crippen molar-refractivity contribution in [1.29, 1.82) is 0 Å². The highest BCUT2D eigenvalue weighted by molar-refractivity contribution is 5.96. The van der Waals surface area contributed by atoms with Gasteiger partial charge in [0.15, 0.2) is 0 Å². The van der Waals surface area contributed by atoms with Crippen molar-refractivity contribution in [1.82, 2.24) is 15.4 Å². The Morgan fingerprint density at radius 3 is 2.61 bits per heavy atom. The lowest BCUT2D eigenvalue weighted by molar-refractivity contribution is 0.0697. The molecule has 1 saturated heterocycles. The number of furan rings is 1. The van der Waals surface area contributed by atoms with Gasteiger partial charge in [0.25, 0.3) is 11.8 Å². The summed E-state index contributed by atoms with van der Waals surface area (Å²) in [6.45, 7) is 4.69. The molecule has 23 heavy (non-hydrogen) atoms. The Labute approximate surface area is 133 Å². The summed E-state index contributed by atoms with van der Waals surface area (Å²) >= 11 is 0. The van der Waals surface area contributed by atoms with Crippen molar-refractivity contribution in [3.05, 3.63) is 41.2 Å². The summed E-state index contributed by atoms with van der Waals surface area (Å²) in [5.74, 6) is 0.322. The van der Waals surface area contributed by atoms with Crippen LogP contribution in [-0.2, 0) is 0 Å². The maximum absolute atomic E-state index is 12.3. The van der Waals surface area contributed by atoms with Gasteiger partial charge >= 0.3 is 0 Å². The molecule has 7 nitrogen and oxygen atoms in total. The van der Waals surface area contributed by atoms with E-state index in [1.165, 1.54) is 12.5 Å². The monoisotopic (exact) mass is 317 g/mol. The maximum Gasteiger partial charge on any atom is 0.257 e. The number of aryl methyl sites for hydroxylation is 2. The molecule has 2 amide bonds. The Bertz CT molecular complexity index is 677. The average molecular weight is 317 g/mol. The number of likely N-dealkylation sites (tertiary alicyclic amines) is 1. The first-order valence-corrected chi connectivity index (χ1v) is 7.61. The highest BCUT2D eigenvalue weighted by Crippen LogP contribution is 2.17. The third kappa shape index (κ3) is 3.13. The van der Waals surface area contributed by atoms with Gasteiger partial charge in [0.05, 0.1) is 17.5 Å². The largest absolute Gasteiger partial charge is 0.472 e. The minimum atomic E-state index is -0.166. The number of amides is 2. The van der Waals surface area contributed by atoms with Gasteiger partial charge in [0, 0.05) is 19.1 Å². The van der Waals surface area contributed by atoms with E-state index in [1.54, 1.807) is 24.8 Å². The number of piperidine rings is 1. The average Bonchev–Trinajstić information content (AvgIpc) is 3.17.